The lowest BCUT2D eigenvalue weighted by Gasteiger charge is -2.19. The van der Waals surface area contributed by atoms with Crippen LogP contribution in [-0.4, -0.2) is 19.3 Å². The molecule has 3 aromatic rings. The van der Waals surface area contributed by atoms with Gasteiger partial charge in [-0.3, -0.25) is 0 Å². The van der Waals surface area contributed by atoms with Crippen molar-refractivity contribution in [3.05, 3.63) is 89.5 Å². The molecule has 4 nitrogen and oxygen atoms in total. The van der Waals surface area contributed by atoms with Crippen LogP contribution in [0.5, 0.6) is 11.5 Å². The van der Waals surface area contributed by atoms with Crippen LogP contribution < -0.4 is 14.8 Å². The van der Waals surface area contributed by atoms with Gasteiger partial charge in [-0.2, -0.15) is 0 Å². The first kappa shape index (κ1) is 17.8. The quantitative estimate of drug-likeness (QED) is 0.664. The summed E-state index contributed by atoms with van der Waals surface area (Å²) >= 11 is 0. The second-order valence-corrected chi connectivity index (χ2v) is 5.93. The van der Waals surface area contributed by atoms with Crippen molar-refractivity contribution in [2.45, 2.75) is 12.7 Å². The lowest BCUT2D eigenvalue weighted by molar-refractivity contribution is 0.206. The maximum absolute atomic E-state index is 10.9. The van der Waals surface area contributed by atoms with Crippen LogP contribution in [0.4, 0.5) is 5.69 Å². The molecule has 0 aliphatic heterocycles. The summed E-state index contributed by atoms with van der Waals surface area (Å²) in [6, 6.07) is 23.1. The average molecular weight is 349 g/mol. The van der Waals surface area contributed by atoms with Crippen molar-refractivity contribution in [3.8, 4) is 11.5 Å². The predicted molar refractivity (Wildman–Crippen MR) is 104 cm³/mol. The van der Waals surface area contributed by atoms with Crippen molar-refractivity contribution in [1.82, 2.24) is 0 Å². The first-order valence-electron chi connectivity index (χ1n) is 8.52. The molecule has 0 amide bonds. The molecule has 0 aliphatic carbocycles. The highest BCUT2D eigenvalue weighted by molar-refractivity contribution is 5.52. The van der Waals surface area contributed by atoms with E-state index in [-0.39, 0.29) is 0 Å². The Hall–Kier alpha value is -2.98. The second kappa shape index (κ2) is 8.41. The molecule has 1 unspecified atom stereocenters. The van der Waals surface area contributed by atoms with Crippen LogP contribution >= 0.6 is 0 Å². The summed E-state index contributed by atoms with van der Waals surface area (Å²) < 4.78 is 11.5. The molecule has 0 saturated carbocycles. The van der Waals surface area contributed by atoms with Crippen molar-refractivity contribution in [3.63, 3.8) is 0 Å². The van der Waals surface area contributed by atoms with Crippen LogP contribution in [0.25, 0.3) is 0 Å². The minimum atomic E-state index is -0.816. The third-order valence-corrected chi connectivity index (χ3v) is 4.24. The Kier molecular flexibility index (Phi) is 5.77. The minimum Gasteiger partial charge on any atom is -0.493 e. The van der Waals surface area contributed by atoms with Gasteiger partial charge in [0.05, 0.1) is 7.11 Å². The maximum Gasteiger partial charge on any atom is 0.167 e. The standard InChI is InChI=1S/C22H23NO3/c1-23-18-11-6-10-17(14-18)21(24)19-12-7-13-20(25-2)22(19)26-15-16-8-4-3-5-9-16/h3-14,21,23-24H,15H2,1-2H3. The van der Waals surface area contributed by atoms with Gasteiger partial charge in [0.15, 0.2) is 11.5 Å². The van der Waals surface area contributed by atoms with Crippen LogP contribution in [0.2, 0.25) is 0 Å². The number of hydrogen-bond donors (Lipinski definition) is 2. The number of para-hydroxylation sites is 1. The molecule has 0 spiro atoms. The molecular weight excluding hydrogens is 326 g/mol. The fraction of sp³-hybridized carbons (Fsp3) is 0.182. The third kappa shape index (κ3) is 3.98. The van der Waals surface area contributed by atoms with Gasteiger partial charge in [-0.05, 0) is 29.3 Å². The van der Waals surface area contributed by atoms with Gasteiger partial charge in [0, 0.05) is 18.3 Å². The van der Waals surface area contributed by atoms with E-state index in [1.165, 1.54) is 0 Å². The van der Waals surface area contributed by atoms with Gasteiger partial charge in [-0.15, -0.1) is 0 Å². The monoisotopic (exact) mass is 349 g/mol. The van der Waals surface area contributed by atoms with Crippen molar-refractivity contribution >= 4 is 5.69 Å². The van der Waals surface area contributed by atoms with E-state index in [9.17, 15) is 5.11 Å². The summed E-state index contributed by atoms with van der Waals surface area (Å²) in [6.07, 6.45) is -0.816. The normalized spacial score (nSPS) is 11.7. The highest BCUT2D eigenvalue weighted by Gasteiger charge is 2.19. The molecule has 1 atom stereocenters. The van der Waals surface area contributed by atoms with E-state index in [1.54, 1.807) is 7.11 Å². The molecule has 3 aromatic carbocycles. The summed E-state index contributed by atoms with van der Waals surface area (Å²) in [5, 5.41) is 14.0. The van der Waals surface area contributed by atoms with Gasteiger partial charge >= 0.3 is 0 Å². The molecule has 0 radical (unpaired) electrons. The van der Waals surface area contributed by atoms with Crippen molar-refractivity contribution < 1.29 is 14.6 Å². The van der Waals surface area contributed by atoms with Gasteiger partial charge in [0.1, 0.15) is 12.7 Å². The summed E-state index contributed by atoms with van der Waals surface area (Å²) in [5.41, 5.74) is 3.45. The van der Waals surface area contributed by atoms with Crippen LogP contribution in [0.1, 0.15) is 22.8 Å². The molecule has 134 valence electrons. The maximum atomic E-state index is 10.9. The molecule has 0 fully saturated rings. The predicted octanol–water partition coefficient (Wildman–Crippen LogP) is 4.40. The van der Waals surface area contributed by atoms with E-state index in [1.807, 2.05) is 79.8 Å². The van der Waals surface area contributed by atoms with Gasteiger partial charge in [-0.25, -0.2) is 0 Å². The van der Waals surface area contributed by atoms with Crippen LogP contribution in [0.15, 0.2) is 72.8 Å². The number of aliphatic hydroxyl groups is 1. The molecule has 0 bridgehead atoms. The first-order chi connectivity index (χ1) is 12.7. The van der Waals surface area contributed by atoms with Gasteiger partial charge < -0.3 is 19.9 Å². The molecule has 0 aliphatic rings. The molecule has 3 rings (SSSR count). The van der Waals surface area contributed by atoms with E-state index >= 15 is 0 Å². The zero-order valence-corrected chi connectivity index (χ0v) is 15.0. The third-order valence-electron chi connectivity index (χ3n) is 4.24. The number of ether oxygens (including phenoxy) is 2. The number of anilines is 1. The molecule has 0 aromatic heterocycles. The number of benzene rings is 3. The SMILES string of the molecule is CNc1cccc(C(O)c2cccc(OC)c2OCc2ccccc2)c1. The van der Waals surface area contributed by atoms with Gasteiger partial charge in [0.2, 0.25) is 0 Å². The molecule has 4 heteroatoms. The summed E-state index contributed by atoms with van der Waals surface area (Å²) in [7, 11) is 3.45. The van der Waals surface area contributed by atoms with Crippen molar-refractivity contribution in [1.29, 1.82) is 0 Å². The Morgan fingerprint density at radius 1 is 0.962 bits per heavy atom. The van der Waals surface area contributed by atoms with Crippen molar-refractivity contribution in [2.75, 3.05) is 19.5 Å². The molecule has 0 saturated heterocycles. The first-order valence-corrected chi connectivity index (χ1v) is 8.52. The van der Waals surface area contributed by atoms with Crippen LogP contribution in [0.3, 0.4) is 0 Å². The molecular formula is C22H23NO3. The fourth-order valence-electron chi connectivity index (χ4n) is 2.84. The largest absolute Gasteiger partial charge is 0.493 e. The zero-order chi connectivity index (χ0) is 18.4. The number of methoxy groups -OCH3 is 1. The highest BCUT2D eigenvalue weighted by atomic mass is 16.5. The number of hydrogen-bond acceptors (Lipinski definition) is 4. The zero-order valence-electron chi connectivity index (χ0n) is 15.0. The van der Waals surface area contributed by atoms with E-state index in [0.29, 0.717) is 23.7 Å². The Morgan fingerprint density at radius 3 is 2.46 bits per heavy atom. The van der Waals surface area contributed by atoms with Crippen LogP contribution in [-0.2, 0) is 6.61 Å². The molecule has 0 heterocycles. The number of aliphatic hydroxyl groups excluding tert-OH is 1. The highest BCUT2D eigenvalue weighted by Crippen LogP contribution is 2.38. The molecule has 2 N–H and O–H groups in total. The van der Waals surface area contributed by atoms with Gasteiger partial charge in [0.25, 0.3) is 0 Å². The average Bonchev–Trinajstić information content (AvgIpc) is 2.72. The smallest absolute Gasteiger partial charge is 0.167 e. The Morgan fingerprint density at radius 2 is 1.73 bits per heavy atom. The fourth-order valence-corrected chi connectivity index (χ4v) is 2.84. The Bertz CT molecular complexity index is 849. The topological polar surface area (TPSA) is 50.7 Å². The lowest BCUT2D eigenvalue weighted by Crippen LogP contribution is -2.06. The summed E-state index contributed by atoms with van der Waals surface area (Å²) in [5.74, 6) is 1.16. The number of nitrogens with one attached hydrogen (secondary N) is 1. The second-order valence-electron chi connectivity index (χ2n) is 5.93. The van der Waals surface area contributed by atoms with E-state index in [2.05, 4.69) is 5.32 Å². The molecule has 26 heavy (non-hydrogen) atoms. The van der Waals surface area contributed by atoms with E-state index in [4.69, 9.17) is 9.47 Å². The Labute approximate surface area is 154 Å². The Balaban J connectivity index is 1.93. The number of rotatable bonds is 7. The minimum absolute atomic E-state index is 0.400. The van der Waals surface area contributed by atoms with E-state index < -0.39 is 6.10 Å². The van der Waals surface area contributed by atoms with Gasteiger partial charge in [-0.1, -0.05) is 54.6 Å². The van der Waals surface area contributed by atoms with E-state index in [0.717, 1.165) is 16.8 Å². The van der Waals surface area contributed by atoms with Crippen LogP contribution in [0, 0.1) is 0 Å². The van der Waals surface area contributed by atoms with Crippen molar-refractivity contribution in [2.24, 2.45) is 0 Å². The lowest BCUT2D eigenvalue weighted by atomic mass is 9.99. The summed E-state index contributed by atoms with van der Waals surface area (Å²) in [4.78, 5) is 0. The summed E-state index contributed by atoms with van der Waals surface area (Å²) in [6.45, 7) is 0.400.